The second-order valence-electron chi connectivity index (χ2n) is 9.23. The van der Waals surface area contributed by atoms with Crippen LogP contribution in [-0.4, -0.2) is 51.0 Å². The van der Waals surface area contributed by atoms with Gasteiger partial charge >= 0.3 is 12.1 Å². The lowest BCUT2D eigenvalue weighted by Crippen LogP contribution is -2.58. The lowest BCUT2D eigenvalue weighted by molar-refractivity contribution is -0.274. The molecule has 196 valence electrons. The van der Waals surface area contributed by atoms with Crippen LogP contribution in [0.15, 0.2) is 41.2 Å². The fraction of sp³-hybridized carbons (Fsp3) is 0.462. The van der Waals surface area contributed by atoms with Crippen molar-refractivity contribution < 1.29 is 17.9 Å². The quantitative estimate of drug-likeness (QED) is 0.421. The van der Waals surface area contributed by atoms with Crippen LogP contribution in [0.1, 0.15) is 45.2 Å². The molecule has 1 aliphatic rings. The zero-order chi connectivity index (χ0) is 26.9. The number of halogens is 3. The minimum atomic E-state index is -4.73. The number of fused-ring (bicyclic) bond motifs is 1. The Hall–Kier alpha value is -3.65. The molecule has 0 radical (unpaired) electrons. The zero-order valence-electron chi connectivity index (χ0n) is 21.2. The van der Waals surface area contributed by atoms with E-state index in [1.54, 1.807) is 31.3 Å². The highest BCUT2D eigenvalue weighted by atomic mass is 19.4. The number of alkyl halides is 3. The molecule has 0 bridgehead atoms. The van der Waals surface area contributed by atoms with Gasteiger partial charge in [-0.25, -0.2) is 4.79 Å². The van der Waals surface area contributed by atoms with E-state index in [2.05, 4.69) is 50.1 Å². The molecule has 1 fully saturated rings. The topological polar surface area (TPSA) is 67.9 Å². The summed E-state index contributed by atoms with van der Waals surface area (Å²) >= 11 is 0. The van der Waals surface area contributed by atoms with Crippen molar-refractivity contribution in [1.29, 1.82) is 0 Å². The van der Waals surface area contributed by atoms with Gasteiger partial charge in [0.2, 0.25) is 5.52 Å². The van der Waals surface area contributed by atoms with Crippen molar-refractivity contribution >= 4 is 22.7 Å². The van der Waals surface area contributed by atoms with Crippen LogP contribution in [0, 0.1) is 6.57 Å². The van der Waals surface area contributed by atoms with Gasteiger partial charge < -0.3 is 14.5 Å². The summed E-state index contributed by atoms with van der Waals surface area (Å²) in [4.78, 5) is 29.4. The summed E-state index contributed by atoms with van der Waals surface area (Å²) in [5.41, 5.74) is 1.64. The van der Waals surface area contributed by atoms with Gasteiger partial charge in [-0.3, -0.25) is 9.47 Å². The Morgan fingerprint density at radius 3 is 2.43 bits per heavy atom. The molecule has 0 N–H and O–H groups in total. The SMILES string of the molecule is [C-]#[N+]c1ccc2c(n1)c(N1CC(CC)N(C(CC)c3ccc(OC(F)(F)F)cc3)CC1C)nc(=O)n2C. The van der Waals surface area contributed by atoms with Crippen molar-refractivity contribution in [3.8, 4) is 5.75 Å². The molecule has 0 aliphatic carbocycles. The van der Waals surface area contributed by atoms with Crippen LogP contribution in [0.4, 0.5) is 24.8 Å². The Bertz CT molecular complexity index is 1370. The van der Waals surface area contributed by atoms with Crippen LogP contribution >= 0.6 is 0 Å². The van der Waals surface area contributed by atoms with E-state index in [0.29, 0.717) is 29.9 Å². The summed E-state index contributed by atoms with van der Waals surface area (Å²) in [6.45, 7) is 14.8. The standard InChI is InChI=1S/C26H29F3N6O2/c1-6-18-15-34(24-23-21(33(5)25(36)32-24)12-13-22(30-4)31-23)16(3)14-35(18)20(7-2)17-8-10-19(11-9-17)37-26(27,28)29/h8-13,16,18,20H,6-7,14-15H2,1-3,5H3. The summed E-state index contributed by atoms with van der Waals surface area (Å²) in [5, 5.41) is 0. The molecular formula is C26H29F3N6O2. The minimum absolute atomic E-state index is 0.00493. The Labute approximate surface area is 213 Å². The molecule has 3 atom stereocenters. The van der Waals surface area contributed by atoms with Crippen LogP contribution in [0.2, 0.25) is 0 Å². The molecule has 1 aromatic carbocycles. The largest absolute Gasteiger partial charge is 0.573 e. The van der Waals surface area contributed by atoms with E-state index in [-0.39, 0.29) is 29.7 Å². The molecule has 2 aromatic heterocycles. The molecule has 37 heavy (non-hydrogen) atoms. The third-order valence-corrected chi connectivity index (χ3v) is 6.95. The molecule has 0 spiro atoms. The number of nitrogens with zero attached hydrogens (tertiary/aromatic N) is 6. The molecule has 3 heterocycles. The molecule has 1 saturated heterocycles. The van der Waals surface area contributed by atoms with Gasteiger partial charge in [-0.2, -0.15) is 4.98 Å². The summed E-state index contributed by atoms with van der Waals surface area (Å²) in [7, 11) is 1.63. The van der Waals surface area contributed by atoms with Crippen LogP contribution in [0.5, 0.6) is 5.75 Å². The first-order valence-corrected chi connectivity index (χ1v) is 12.2. The number of rotatable bonds is 6. The van der Waals surface area contributed by atoms with Gasteiger partial charge in [0.15, 0.2) is 5.82 Å². The van der Waals surface area contributed by atoms with Gasteiger partial charge in [0.05, 0.1) is 5.52 Å². The van der Waals surface area contributed by atoms with Crippen LogP contribution in [0.25, 0.3) is 15.9 Å². The van der Waals surface area contributed by atoms with Crippen molar-refractivity contribution in [3.63, 3.8) is 0 Å². The lowest BCUT2D eigenvalue weighted by atomic mass is 9.96. The highest BCUT2D eigenvalue weighted by molar-refractivity contribution is 5.87. The van der Waals surface area contributed by atoms with Gasteiger partial charge in [0.1, 0.15) is 5.75 Å². The van der Waals surface area contributed by atoms with E-state index in [1.165, 1.54) is 16.7 Å². The van der Waals surface area contributed by atoms with Crippen molar-refractivity contribution in [2.45, 2.75) is 58.1 Å². The summed E-state index contributed by atoms with van der Waals surface area (Å²) < 4.78 is 43.2. The monoisotopic (exact) mass is 514 g/mol. The average molecular weight is 515 g/mol. The third kappa shape index (κ3) is 5.39. The number of aryl methyl sites for hydroxylation is 1. The van der Waals surface area contributed by atoms with Crippen molar-refractivity contribution in [1.82, 2.24) is 19.4 Å². The number of piperazine rings is 1. The molecule has 0 amide bonds. The molecule has 1 aliphatic heterocycles. The predicted molar refractivity (Wildman–Crippen MR) is 135 cm³/mol. The molecule has 11 heteroatoms. The van der Waals surface area contributed by atoms with Crippen LogP contribution < -0.4 is 15.3 Å². The second-order valence-corrected chi connectivity index (χ2v) is 9.23. The first kappa shape index (κ1) is 26.4. The maximum atomic E-state index is 12.7. The third-order valence-electron chi connectivity index (χ3n) is 6.95. The highest BCUT2D eigenvalue weighted by Gasteiger charge is 2.37. The zero-order valence-corrected chi connectivity index (χ0v) is 21.2. The number of hydrogen-bond acceptors (Lipinski definition) is 6. The first-order chi connectivity index (χ1) is 17.6. The minimum Gasteiger partial charge on any atom is -0.406 e. The van der Waals surface area contributed by atoms with E-state index in [9.17, 15) is 18.0 Å². The number of ether oxygens (including phenoxy) is 1. The average Bonchev–Trinajstić information content (AvgIpc) is 2.86. The van der Waals surface area contributed by atoms with Crippen molar-refractivity contribution in [2.75, 3.05) is 18.0 Å². The highest BCUT2D eigenvalue weighted by Crippen LogP contribution is 2.35. The molecule has 3 aromatic rings. The molecular weight excluding hydrogens is 485 g/mol. The number of aromatic nitrogens is 3. The summed E-state index contributed by atoms with van der Waals surface area (Å²) in [6.07, 6.45) is -3.14. The maximum Gasteiger partial charge on any atom is 0.573 e. The summed E-state index contributed by atoms with van der Waals surface area (Å²) in [5.74, 6) is 0.457. The van der Waals surface area contributed by atoms with E-state index >= 15 is 0 Å². The Kier molecular flexibility index (Phi) is 7.41. The van der Waals surface area contributed by atoms with E-state index in [1.807, 2.05) is 0 Å². The maximum absolute atomic E-state index is 12.7. The number of pyridine rings is 1. The fourth-order valence-corrected chi connectivity index (χ4v) is 5.12. The Balaban J connectivity index is 1.66. The van der Waals surface area contributed by atoms with Gasteiger partial charge in [0.25, 0.3) is 5.82 Å². The Morgan fingerprint density at radius 1 is 1.14 bits per heavy atom. The van der Waals surface area contributed by atoms with Crippen molar-refractivity contribution in [3.05, 3.63) is 63.9 Å². The van der Waals surface area contributed by atoms with Crippen LogP contribution in [0.3, 0.4) is 0 Å². The van der Waals surface area contributed by atoms with Gasteiger partial charge in [0, 0.05) is 38.3 Å². The summed E-state index contributed by atoms with van der Waals surface area (Å²) in [6, 6.07) is 9.43. The van der Waals surface area contributed by atoms with Gasteiger partial charge in [-0.15, -0.1) is 18.2 Å². The van der Waals surface area contributed by atoms with Gasteiger partial charge in [-0.1, -0.05) is 32.6 Å². The van der Waals surface area contributed by atoms with E-state index < -0.39 is 12.1 Å². The van der Waals surface area contributed by atoms with E-state index in [0.717, 1.165) is 18.4 Å². The van der Waals surface area contributed by atoms with E-state index in [4.69, 9.17) is 6.57 Å². The number of anilines is 1. The Morgan fingerprint density at radius 2 is 1.84 bits per heavy atom. The fourth-order valence-electron chi connectivity index (χ4n) is 5.12. The van der Waals surface area contributed by atoms with Gasteiger partial charge in [-0.05, 0) is 49.6 Å². The smallest absolute Gasteiger partial charge is 0.406 e. The second kappa shape index (κ2) is 10.4. The lowest BCUT2D eigenvalue weighted by Gasteiger charge is -2.48. The normalized spacial score (nSPS) is 19.6. The molecule has 0 saturated carbocycles. The molecule has 3 unspecified atom stereocenters. The number of hydrogen-bond donors (Lipinski definition) is 0. The van der Waals surface area contributed by atoms with Crippen molar-refractivity contribution in [2.24, 2.45) is 7.05 Å². The first-order valence-electron chi connectivity index (χ1n) is 12.2. The molecule has 8 nitrogen and oxygen atoms in total. The predicted octanol–water partition coefficient (Wildman–Crippen LogP) is 5.22. The van der Waals surface area contributed by atoms with Crippen LogP contribution in [-0.2, 0) is 7.05 Å². The molecule has 4 rings (SSSR count). The number of benzene rings is 1.